The van der Waals surface area contributed by atoms with Crippen LogP contribution in [0.2, 0.25) is 0 Å². The first-order valence-electron chi connectivity index (χ1n) is 6.30. The number of benzene rings is 1. The lowest BCUT2D eigenvalue weighted by molar-refractivity contribution is 0.0470. The average Bonchev–Trinajstić information content (AvgIpc) is 2.72. The maximum absolute atomic E-state index is 13.2. The second kappa shape index (κ2) is 5.61. The number of halogens is 1. The molecule has 1 aliphatic heterocycles. The zero-order valence-corrected chi connectivity index (χ0v) is 10.2. The largest absolute Gasteiger partial charge is 0.375 e. The minimum absolute atomic E-state index is 0.193. The molecular formula is C14H20FNO. The molecule has 3 atom stereocenters. The first-order valence-corrected chi connectivity index (χ1v) is 6.30. The normalized spacial score (nSPS) is 26.1. The Kier molecular flexibility index (Phi) is 4.13. The number of hydrogen-bond acceptors (Lipinski definition) is 2. The summed E-state index contributed by atoms with van der Waals surface area (Å²) < 4.78 is 19.0. The Balaban J connectivity index is 2.01. The smallest absolute Gasteiger partial charge is 0.123 e. The van der Waals surface area contributed by atoms with Crippen molar-refractivity contribution in [1.29, 1.82) is 0 Å². The Labute approximate surface area is 102 Å². The van der Waals surface area contributed by atoms with Crippen LogP contribution in [-0.4, -0.2) is 18.8 Å². The third kappa shape index (κ3) is 3.27. The molecule has 1 aromatic carbocycles. The highest BCUT2D eigenvalue weighted by Crippen LogP contribution is 2.29. The molecule has 17 heavy (non-hydrogen) atoms. The van der Waals surface area contributed by atoms with Gasteiger partial charge >= 0.3 is 0 Å². The average molecular weight is 237 g/mol. The Hall–Kier alpha value is -0.930. The van der Waals surface area contributed by atoms with Crippen LogP contribution in [0.4, 0.5) is 4.39 Å². The van der Waals surface area contributed by atoms with E-state index in [4.69, 9.17) is 10.5 Å². The minimum atomic E-state index is -0.193. The van der Waals surface area contributed by atoms with E-state index in [0.29, 0.717) is 12.6 Å². The van der Waals surface area contributed by atoms with Gasteiger partial charge in [0.1, 0.15) is 5.82 Å². The van der Waals surface area contributed by atoms with Crippen molar-refractivity contribution < 1.29 is 9.13 Å². The number of ether oxygens (including phenoxy) is 1. The summed E-state index contributed by atoms with van der Waals surface area (Å²) in [6.07, 6.45) is 3.73. The van der Waals surface area contributed by atoms with E-state index < -0.39 is 0 Å². The van der Waals surface area contributed by atoms with E-state index in [1.807, 2.05) is 6.07 Å². The fourth-order valence-electron chi connectivity index (χ4n) is 2.50. The Morgan fingerprint density at radius 2 is 2.29 bits per heavy atom. The summed E-state index contributed by atoms with van der Waals surface area (Å²) in [4.78, 5) is 0. The highest BCUT2D eigenvalue weighted by molar-refractivity contribution is 5.21. The quantitative estimate of drug-likeness (QED) is 0.874. The van der Waals surface area contributed by atoms with Gasteiger partial charge in [-0.25, -0.2) is 4.39 Å². The lowest BCUT2D eigenvalue weighted by Crippen LogP contribution is -2.19. The number of hydrogen-bond donors (Lipinski definition) is 1. The fourth-order valence-corrected chi connectivity index (χ4v) is 2.50. The molecule has 0 radical (unpaired) electrons. The number of rotatable bonds is 4. The Morgan fingerprint density at radius 1 is 1.47 bits per heavy atom. The molecule has 1 heterocycles. The highest BCUT2D eigenvalue weighted by Gasteiger charge is 2.25. The van der Waals surface area contributed by atoms with Crippen LogP contribution in [-0.2, 0) is 4.74 Å². The first-order chi connectivity index (χ1) is 8.19. The zero-order valence-electron chi connectivity index (χ0n) is 10.2. The third-order valence-electron chi connectivity index (χ3n) is 3.47. The van der Waals surface area contributed by atoms with Gasteiger partial charge in [0, 0.05) is 0 Å². The SMILES string of the molecule is CC1CCC(CC(CN)c2cccc(F)c2)O1. The lowest BCUT2D eigenvalue weighted by atomic mass is 9.92. The van der Waals surface area contributed by atoms with E-state index in [9.17, 15) is 4.39 Å². The van der Waals surface area contributed by atoms with Crippen LogP contribution >= 0.6 is 0 Å². The molecule has 2 nitrogen and oxygen atoms in total. The van der Waals surface area contributed by atoms with E-state index in [2.05, 4.69) is 6.92 Å². The molecule has 2 N–H and O–H groups in total. The van der Waals surface area contributed by atoms with Crippen LogP contribution < -0.4 is 5.73 Å². The molecule has 0 spiro atoms. The van der Waals surface area contributed by atoms with Crippen LogP contribution in [0.5, 0.6) is 0 Å². The summed E-state index contributed by atoms with van der Waals surface area (Å²) >= 11 is 0. The zero-order chi connectivity index (χ0) is 12.3. The Bertz CT molecular complexity index is 369. The van der Waals surface area contributed by atoms with E-state index in [0.717, 1.165) is 24.8 Å². The van der Waals surface area contributed by atoms with E-state index in [1.54, 1.807) is 12.1 Å². The van der Waals surface area contributed by atoms with Crippen LogP contribution in [0.15, 0.2) is 24.3 Å². The van der Waals surface area contributed by atoms with Gasteiger partial charge in [-0.15, -0.1) is 0 Å². The van der Waals surface area contributed by atoms with Gasteiger partial charge in [0.15, 0.2) is 0 Å². The molecule has 1 aliphatic rings. The summed E-state index contributed by atoms with van der Waals surface area (Å²) in [7, 11) is 0. The monoisotopic (exact) mass is 237 g/mol. The first kappa shape index (κ1) is 12.5. The van der Waals surface area contributed by atoms with E-state index >= 15 is 0 Å². The number of nitrogens with two attached hydrogens (primary N) is 1. The highest BCUT2D eigenvalue weighted by atomic mass is 19.1. The van der Waals surface area contributed by atoms with E-state index in [-0.39, 0.29) is 17.8 Å². The fraction of sp³-hybridized carbons (Fsp3) is 0.571. The van der Waals surface area contributed by atoms with Gasteiger partial charge in [0.2, 0.25) is 0 Å². The van der Waals surface area contributed by atoms with Crippen molar-refractivity contribution in [3.8, 4) is 0 Å². The molecule has 0 aromatic heterocycles. The molecule has 3 unspecified atom stereocenters. The lowest BCUT2D eigenvalue weighted by Gasteiger charge is -2.19. The minimum Gasteiger partial charge on any atom is -0.375 e. The van der Waals surface area contributed by atoms with Gasteiger partial charge in [0.05, 0.1) is 12.2 Å². The maximum atomic E-state index is 13.2. The van der Waals surface area contributed by atoms with Crippen molar-refractivity contribution in [3.63, 3.8) is 0 Å². The molecule has 0 saturated carbocycles. The predicted molar refractivity (Wildman–Crippen MR) is 66.4 cm³/mol. The Morgan fingerprint density at radius 3 is 2.88 bits per heavy atom. The molecule has 3 heteroatoms. The molecule has 2 rings (SSSR count). The summed E-state index contributed by atoms with van der Waals surface area (Å²) in [5, 5.41) is 0. The van der Waals surface area contributed by atoms with Crippen LogP contribution in [0.3, 0.4) is 0 Å². The van der Waals surface area contributed by atoms with Crippen molar-refractivity contribution in [2.45, 2.75) is 44.3 Å². The molecule has 1 aromatic rings. The summed E-state index contributed by atoms with van der Waals surface area (Å²) in [6.45, 7) is 2.64. The van der Waals surface area contributed by atoms with Gasteiger partial charge in [-0.2, -0.15) is 0 Å². The molecule has 0 amide bonds. The predicted octanol–water partition coefficient (Wildman–Crippen LogP) is 2.83. The van der Waals surface area contributed by atoms with Crippen molar-refractivity contribution >= 4 is 0 Å². The molecule has 94 valence electrons. The van der Waals surface area contributed by atoms with Crippen molar-refractivity contribution in [2.24, 2.45) is 5.73 Å². The van der Waals surface area contributed by atoms with Gasteiger partial charge in [-0.05, 0) is 56.3 Å². The third-order valence-corrected chi connectivity index (χ3v) is 3.47. The van der Waals surface area contributed by atoms with E-state index in [1.165, 1.54) is 6.07 Å². The molecule has 0 aliphatic carbocycles. The molecule has 1 saturated heterocycles. The van der Waals surface area contributed by atoms with Crippen LogP contribution in [0.25, 0.3) is 0 Å². The summed E-state index contributed by atoms with van der Waals surface area (Å²) in [6, 6.07) is 6.73. The summed E-state index contributed by atoms with van der Waals surface area (Å²) in [5.41, 5.74) is 6.77. The maximum Gasteiger partial charge on any atom is 0.123 e. The topological polar surface area (TPSA) is 35.2 Å². The summed E-state index contributed by atoms with van der Waals surface area (Å²) in [5.74, 6) is 0.00246. The van der Waals surface area contributed by atoms with Gasteiger partial charge < -0.3 is 10.5 Å². The van der Waals surface area contributed by atoms with Crippen molar-refractivity contribution in [2.75, 3.05) is 6.54 Å². The van der Waals surface area contributed by atoms with Crippen molar-refractivity contribution in [3.05, 3.63) is 35.6 Å². The standard InChI is InChI=1S/C14H20FNO/c1-10-5-6-14(17-10)8-12(9-16)11-3-2-4-13(15)7-11/h2-4,7,10,12,14H,5-6,8-9,16H2,1H3. The molecule has 1 fully saturated rings. The molecular weight excluding hydrogens is 217 g/mol. The van der Waals surface area contributed by atoms with Gasteiger partial charge in [-0.3, -0.25) is 0 Å². The molecule has 0 bridgehead atoms. The second-order valence-electron chi connectivity index (χ2n) is 4.87. The van der Waals surface area contributed by atoms with Crippen LogP contribution in [0.1, 0.15) is 37.7 Å². The van der Waals surface area contributed by atoms with Crippen LogP contribution in [0, 0.1) is 5.82 Å². The second-order valence-corrected chi connectivity index (χ2v) is 4.87. The van der Waals surface area contributed by atoms with Gasteiger partial charge in [0.25, 0.3) is 0 Å². The van der Waals surface area contributed by atoms with Gasteiger partial charge in [-0.1, -0.05) is 12.1 Å². The van der Waals surface area contributed by atoms with Crippen molar-refractivity contribution in [1.82, 2.24) is 0 Å².